The number of anilines is 1. The molecule has 0 aliphatic carbocycles. The molecule has 0 atom stereocenters. The second kappa shape index (κ2) is 8.57. The third kappa shape index (κ3) is 4.07. The summed E-state index contributed by atoms with van der Waals surface area (Å²) < 4.78 is 13.8. The molecule has 1 heterocycles. The van der Waals surface area contributed by atoms with Gasteiger partial charge >= 0.3 is 0 Å². The van der Waals surface area contributed by atoms with E-state index < -0.39 is 0 Å². The van der Waals surface area contributed by atoms with Crippen molar-refractivity contribution in [3.63, 3.8) is 0 Å². The molecule has 0 spiro atoms. The zero-order valence-corrected chi connectivity index (χ0v) is 17.2. The van der Waals surface area contributed by atoms with Gasteiger partial charge in [0.05, 0.1) is 5.56 Å². The van der Waals surface area contributed by atoms with Gasteiger partial charge in [-0.15, -0.1) is 0 Å². The van der Waals surface area contributed by atoms with Crippen LogP contribution in [0.1, 0.15) is 39.5 Å². The van der Waals surface area contributed by atoms with Gasteiger partial charge in [0.15, 0.2) is 12.0 Å². The fraction of sp³-hybridized carbons (Fsp3) is 0.304. The van der Waals surface area contributed by atoms with Crippen molar-refractivity contribution in [1.29, 1.82) is 0 Å². The number of aryl methyl sites for hydroxylation is 1. The Labute approximate surface area is 170 Å². The number of aromatic hydroxyl groups is 1. The lowest BCUT2D eigenvalue weighted by molar-refractivity contribution is 0.111. The number of fused-ring (bicyclic) bond motifs is 1. The Morgan fingerprint density at radius 2 is 2.00 bits per heavy atom. The highest BCUT2D eigenvalue weighted by atomic mass is 19.1. The van der Waals surface area contributed by atoms with Gasteiger partial charge in [-0.05, 0) is 55.8 Å². The van der Waals surface area contributed by atoms with Gasteiger partial charge in [-0.1, -0.05) is 19.1 Å². The molecule has 152 valence electrons. The number of rotatable bonds is 7. The lowest BCUT2D eigenvalue weighted by Crippen LogP contribution is -2.15. The normalized spacial score (nSPS) is 11.2. The number of hydrogen-bond donors (Lipinski definition) is 2. The molecule has 0 bridgehead atoms. The van der Waals surface area contributed by atoms with Crippen LogP contribution in [0.2, 0.25) is 0 Å². The second-order valence-electron chi connectivity index (χ2n) is 7.42. The largest absolute Gasteiger partial charge is 0.505 e. The average Bonchev–Trinajstić information content (AvgIpc) is 2.69. The topological polar surface area (TPSA) is 65.5 Å². The molecule has 6 heteroatoms. The summed E-state index contributed by atoms with van der Waals surface area (Å²) in [6, 6.07) is 7.13. The molecular formula is C23H26FN3O2. The lowest BCUT2D eigenvalue weighted by Gasteiger charge is -2.20. The van der Waals surface area contributed by atoms with Crippen LogP contribution < -0.4 is 5.32 Å². The van der Waals surface area contributed by atoms with E-state index in [2.05, 4.69) is 10.3 Å². The van der Waals surface area contributed by atoms with Gasteiger partial charge in [0.1, 0.15) is 11.3 Å². The highest BCUT2D eigenvalue weighted by Crippen LogP contribution is 2.38. The van der Waals surface area contributed by atoms with Crippen molar-refractivity contribution in [1.82, 2.24) is 9.88 Å². The van der Waals surface area contributed by atoms with Crippen LogP contribution in [-0.4, -0.2) is 42.4 Å². The van der Waals surface area contributed by atoms with Gasteiger partial charge in [-0.3, -0.25) is 9.78 Å². The molecule has 0 fully saturated rings. The summed E-state index contributed by atoms with van der Waals surface area (Å²) >= 11 is 0. The van der Waals surface area contributed by atoms with Crippen LogP contribution in [0.3, 0.4) is 0 Å². The summed E-state index contributed by atoms with van der Waals surface area (Å²) in [6.07, 6.45) is 3.60. The van der Waals surface area contributed by atoms with Crippen molar-refractivity contribution in [2.75, 3.05) is 26.5 Å². The molecule has 3 rings (SSSR count). The molecule has 0 unspecified atom stereocenters. The van der Waals surface area contributed by atoms with E-state index in [1.165, 1.54) is 6.07 Å². The van der Waals surface area contributed by atoms with Crippen LogP contribution in [-0.2, 0) is 19.4 Å². The van der Waals surface area contributed by atoms with E-state index in [9.17, 15) is 14.3 Å². The number of hydrogen-bond acceptors (Lipinski definition) is 5. The fourth-order valence-electron chi connectivity index (χ4n) is 3.69. The van der Waals surface area contributed by atoms with E-state index in [4.69, 9.17) is 0 Å². The van der Waals surface area contributed by atoms with Gasteiger partial charge < -0.3 is 15.3 Å². The quantitative estimate of drug-likeness (QED) is 0.465. The molecule has 0 amide bonds. The van der Waals surface area contributed by atoms with Crippen molar-refractivity contribution < 1.29 is 14.3 Å². The van der Waals surface area contributed by atoms with E-state index >= 15 is 0 Å². The maximum atomic E-state index is 13.8. The first kappa shape index (κ1) is 20.7. The van der Waals surface area contributed by atoms with Crippen LogP contribution in [0.15, 0.2) is 30.5 Å². The van der Waals surface area contributed by atoms with Crippen LogP contribution in [0.5, 0.6) is 5.75 Å². The highest BCUT2D eigenvalue weighted by molar-refractivity contribution is 6.03. The maximum absolute atomic E-state index is 13.8. The first-order chi connectivity index (χ1) is 13.9. The standard InChI is InChI=1S/C23H26FN3O2/c1-5-16-9-14(6-7-20(16)24)8-15-10-17-21(25-2)18(12-27(3)4)19(13-28)23(29)22(17)26-11-15/h6-7,9-11,13,25,29H,5,8,12H2,1-4H3. The number of carbonyl (C=O) groups excluding carboxylic acids is 1. The molecule has 0 saturated heterocycles. The lowest BCUT2D eigenvalue weighted by atomic mass is 9.97. The molecule has 0 saturated carbocycles. The Hall–Kier alpha value is -2.99. The van der Waals surface area contributed by atoms with E-state index in [0.717, 1.165) is 27.8 Å². The number of pyridine rings is 1. The molecule has 1 aromatic heterocycles. The number of carbonyl (C=O) groups is 1. The first-order valence-corrected chi connectivity index (χ1v) is 9.60. The van der Waals surface area contributed by atoms with E-state index in [1.807, 2.05) is 38.1 Å². The molecule has 0 aliphatic rings. The Bertz CT molecular complexity index is 1060. The van der Waals surface area contributed by atoms with Gasteiger partial charge in [-0.25, -0.2) is 4.39 Å². The fourth-order valence-corrected chi connectivity index (χ4v) is 3.69. The van der Waals surface area contributed by atoms with Crippen molar-refractivity contribution >= 4 is 22.9 Å². The van der Waals surface area contributed by atoms with Gasteiger partial charge in [0, 0.05) is 36.4 Å². The zero-order valence-electron chi connectivity index (χ0n) is 17.2. The Balaban J connectivity index is 2.14. The third-order valence-electron chi connectivity index (χ3n) is 5.06. The zero-order chi connectivity index (χ0) is 21.1. The van der Waals surface area contributed by atoms with Crippen molar-refractivity contribution in [3.8, 4) is 5.75 Å². The molecule has 3 aromatic rings. The molecule has 2 aromatic carbocycles. The van der Waals surface area contributed by atoms with Crippen LogP contribution >= 0.6 is 0 Å². The average molecular weight is 395 g/mol. The van der Waals surface area contributed by atoms with Gasteiger partial charge in [0.2, 0.25) is 0 Å². The first-order valence-electron chi connectivity index (χ1n) is 9.60. The Morgan fingerprint density at radius 3 is 2.62 bits per heavy atom. The summed E-state index contributed by atoms with van der Waals surface area (Å²) in [5.74, 6) is -0.294. The predicted molar refractivity (Wildman–Crippen MR) is 114 cm³/mol. The molecule has 5 nitrogen and oxygen atoms in total. The van der Waals surface area contributed by atoms with Gasteiger partial charge in [-0.2, -0.15) is 0 Å². The van der Waals surface area contributed by atoms with Crippen LogP contribution in [0.25, 0.3) is 10.9 Å². The minimum Gasteiger partial charge on any atom is -0.505 e. The monoisotopic (exact) mass is 395 g/mol. The van der Waals surface area contributed by atoms with Crippen LogP contribution in [0, 0.1) is 5.82 Å². The van der Waals surface area contributed by atoms with Gasteiger partial charge in [0.25, 0.3) is 0 Å². The predicted octanol–water partition coefficient (Wildman–Crippen LogP) is 4.15. The number of nitrogens with one attached hydrogen (secondary N) is 1. The Kier molecular flexibility index (Phi) is 6.13. The molecular weight excluding hydrogens is 369 g/mol. The van der Waals surface area contributed by atoms with E-state index in [-0.39, 0.29) is 17.1 Å². The van der Waals surface area contributed by atoms with E-state index in [1.54, 1.807) is 19.3 Å². The number of halogens is 1. The minimum absolute atomic E-state index is 0.104. The highest BCUT2D eigenvalue weighted by Gasteiger charge is 2.20. The molecule has 0 radical (unpaired) electrons. The molecule has 2 N–H and O–H groups in total. The SMILES string of the molecule is CCc1cc(Cc2cnc3c(O)c(C=O)c(CN(C)C)c(NC)c3c2)ccc1F. The van der Waals surface area contributed by atoms with Crippen molar-refractivity contribution in [3.05, 3.63) is 64.1 Å². The number of aromatic nitrogens is 1. The maximum Gasteiger partial charge on any atom is 0.154 e. The number of nitrogens with zero attached hydrogens (tertiary/aromatic N) is 2. The molecule has 29 heavy (non-hydrogen) atoms. The number of benzene rings is 2. The third-order valence-corrected chi connectivity index (χ3v) is 5.06. The summed E-state index contributed by atoms with van der Waals surface area (Å²) in [5.41, 5.74) is 4.77. The summed E-state index contributed by atoms with van der Waals surface area (Å²) in [6.45, 7) is 2.43. The van der Waals surface area contributed by atoms with Crippen molar-refractivity contribution in [2.45, 2.75) is 26.3 Å². The number of phenolic OH excluding ortho intramolecular Hbond substituents is 1. The number of phenols is 1. The summed E-state index contributed by atoms with van der Waals surface area (Å²) in [5, 5.41) is 14.6. The number of aldehydes is 1. The second-order valence-corrected chi connectivity index (χ2v) is 7.42. The van der Waals surface area contributed by atoms with Crippen LogP contribution in [0.4, 0.5) is 10.1 Å². The Morgan fingerprint density at radius 1 is 1.24 bits per heavy atom. The van der Waals surface area contributed by atoms with E-state index in [0.29, 0.717) is 36.8 Å². The summed E-state index contributed by atoms with van der Waals surface area (Å²) in [7, 11) is 5.60. The van der Waals surface area contributed by atoms with Crippen molar-refractivity contribution in [2.24, 2.45) is 0 Å². The minimum atomic E-state index is -0.190. The molecule has 0 aliphatic heterocycles. The summed E-state index contributed by atoms with van der Waals surface area (Å²) in [4.78, 5) is 18.1. The smallest absolute Gasteiger partial charge is 0.154 e.